The normalized spacial score (nSPS) is 12.0. The first-order valence-electron chi connectivity index (χ1n) is 11.5. The first-order chi connectivity index (χ1) is 15.9. The van der Waals surface area contributed by atoms with Crippen LogP contribution in [0.2, 0.25) is 0 Å². The van der Waals surface area contributed by atoms with Gasteiger partial charge >= 0.3 is 6.09 Å². The Morgan fingerprint density at radius 1 is 1.24 bits per heavy atom. The van der Waals surface area contributed by atoms with Crippen molar-refractivity contribution in [3.05, 3.63) is 60.7 Å². The van der Waals surface area contributed by atoms with Crippen LogP contribution in [-0.4, -0.2) is 40.9 Å². The van der Waals surface area contributed by atoms with Gasteiger partial charge in [0.1, 0.15) is 11.6 Å². The molecular formula is C26H38N4O3. The number of aliphatic hydroxyl groups is 1. The molecule has 0 fully saturated rings. The van der Waals surface area contributed by atoms with Gasteiger partial charge < -0.3 is 20.5 Å². The zero-order valence-corrected chi connectivity index (χ0v) is 20.6. The van der Waals surface area contributed by atoms with E-state index in [1.165, 1.54) is 12.2 Å². The van der Waals surface area contributed by atoms with E-state index >= 15 is 0 Å². The number of carbonyl (C=O) groups excluding carboxylic acids is 1. The van der Waals surface area contributed by atoms with Crippen molar-refractivity contribution in [1.29, 1.82) is 0 Å². The van der Waals surface area contributed by atoms with Crippen LogP contribution in [0.1, 0.15) is 51.9 Å². The van der Waals surface area contributed by atoms with E-state index in [2.05, 4.69) is 40.7 Å². The highest BCUT2D eigenvalue weighted by Crippen LogP contribution is 2.25. The van der Waals surface area contributed by atoms with Crippen LogP contribution in [0.15, 0.2) is 49.3 Å². The summed E-state index contributed by atoms with van der Waals surface area (Å²) in [6.45, 7) is 18.9. The van der Waals surface area contributed by atoms with Crippen LogP contribution in [0.5, 0.6) is 0 Å². The maximum Gasteiger partial charge on any atom is 0.407 e. The Kier molecular flexibility index (Phi) is 12.3. The predicted molar refractivity (Wildman–Crippen MR) is 137 cm³/mol. The number of allylic oxidation sites excluding steroid dienone is 3. The molecule has 0 radical (unpaired) electrons. The molecule has 2 rings (SSSR count). The molecule has 33 heavy (non-hydrogen) atoms. The van der Waals surface area contributed by atoms with Crippen molar-refractivity contribution in [2.45, 2.75) is 47.5 Å². The van der Waals surface area contributed by atoms with Gasteiger partial charge in [0.25, 0.3) is 0 Å². The van der Waals surface area contributed by atoms with Gasteiger partial charge in [-0.15, -0.1) is 0 Å². The van der Waals surface area contributed by atoms with Crippen molar-refractivity contribution in [2.24, 2.45) is 5.92 Å². The topological polar surface area (TPSA) is 96.4 Å². The van der Waals surface area contributed by atoms with Gasteiger partial charge in [0.15, 0.2) is 5.82 Å². The smallest absolute Gasteiger partial charge is 0.407 e. The van der Waals surface area contributed by atoms with Crippen molar-refractivity contribution >= 4 is 28.4 Å². The van der Waals surface area contributed by atoms with Crippen LogP contribution in [0, 0.1) is 12.8 Å². The number of alkyl carbamates (subject to hydrolysis) is 1. The lowest BCUT2D eigenvalue weighted by Crippen LogP contribution is -2.29. The number of aliphatic hydroxyl groups excluding tert-OH is 1. The monoisotopic (exact) mass is 454 g/mol. The number of benzene rings is 1. The lowest BCUT2D eigenvalue weighted by molar-refractivity contribution is 0.150. The number of nitrogens with one attached hydrogen (secondary N) is 2. The summed E-state index contributed by atoms with van der Waals surface area (Å²) in [6, 6.07) is 6.00. The summed E-state index contributed by atoms with van der Waals surface area (Å²) < 4.78 is 4.88. The Morgan fingerprint density at radius 3 is 2.61 bits per heavy atom. The minimum atomic E-state index is -0.378. The highest BCUT2D eigenvalue weighted by atomic mass is 16.5. The summed E-state index contributed by atoms with van der Waals surface area (Å²) in [7, 11) is 0. The van der Waals surface area contributed by atoms with E-state index in [1.807, 2.05) is 39.0 Å². The number of hydrogen-bond acceptors (Lipinski definition) is 6. The summed E-state index contributed by atoms with van der Waals surface area (Å²) in [6.07, 6.45) is 4.33. The highest BCUT2D eigenvalue weighted by Gasteiger charge is 2.13. The molecule has 0 saturated heterocycles. The number of anilines is 1. The number of hydrogen-bond donors (Lipinski definition) is 3. The van der Waals surface area contributed by atoms with Crippen molar-refractivity contribution in [2.75, 3.05) is 25.0 Å². The van der Waals surface area contributed by atoms with E-state index < -0.39 is 0 Å². The van der Waals surface area contributed by atoms with E-state index in [9.17, 15) is 9.90 Å². The standard InChI is InChI=1S/C24H32N4O3.C2H6/c1-6-18(21(29)7-2)23-27-20-14-16(4)11-12-19(20)22(28-23)25-13-9-10-17(5)15-26-24(30)31-8-3;1-2/h6-7,11-12,14,17,29H,1-2,8-10,13,15H2,3-5H3,(H,26,30)(H,25,27,28);1-2H3/b21-18-;. The van der Waals surface area contributed by atoms with Crippen LogP contribution in [0.4, 0.5) is 10.6 Å². The SMILES string of the molecule is C=C/C(O)=C(\C=C)c1nc(NCCCC(C)CNC(=O)OCC)c2ccc(C)cc2n1.CC. The molecule has 3 N–H and O–H groups in total. The van der Waals surface area contributed by atoms with Crippen LogP contribution in [-0.2, 0) is 4.74 Å². The molecule has 1 heterocycles. The van der Waals surface area contributed by atoms with E-state index in [1.54, 1.807) is 6.92 Å². The second-order valence-corrected chi connectivity index (χ2v) is 7.40. The van der Waals surface area contributed by atoms with Gasteiger partial charge in [0.2, 0.25) is 0 Å². The van der Waals surface area contributed by atoms with Gasteiger partial charge in [0.05, 0.1) is 17.7 Å². The van der Waals surface area contributed by atoms with E-state index in [-0.39, 0.29) is 11.9 Å². The van der Waals surface area contributed by atoms with Crippen LogP contribution in [0.3, 0.4) is 0 Å². The number of carbonyl (C=O) groups is 1. The van der Waals surface area contributed by atoms with Gasteiger partial charge in [-0.3, -0.25) is 0 Å². The number of nitrogens with zero attached hydrogens (tertiary/aromatic N) is 2. The molecule has 1 amide bonds. The predicted octanol–water partition coefficient (Wildman–Crippen LogP) is 6.18. The largest absolute Gasteiger partial charge is 0.507 e. The lowest BCUT2D eigenvalue weighted by atomic mass is 10.1. The number of aryl methyl sites for hydroxylation is 1. The fraction of sp³-hybridized carbons (Fsp3) is 0.423. The Morgan fingerprint density at radius 2 is 1.97 bits per heavy atom. The number of fused-ring (bicyclic) bond motifs is 1. The zero-order chi connectivity index (χ0) is 24.8. The van der Waals surface area contributed by atoms with Gasteiger partial charge in [-0.25, -0.2) is 14.8 Å². The molecular weight excluding hydrogens is 416 g/mol. The average molecular weight is 455 g/mol. The summed E-state index contributed by atoms with van der Waals surface area (Å²) in [4.78, 5) is 20.6. The zero-order valence-electron chi connectivity index (χ0n) is 20.6. The maximum absolute atomic E-state index is 11.4. The molecule has 0 saturated carbocycles. The third-order valence-corrected chi connectivity index (χ3v) is 4.80. The molecule has 1 aromatic carbocycles. The summed E-state index contributed by atoms with van der Waals surface area (Å²) in [5, 5.41) is 17.2. The third-order valence-electron chi connectivity index (χ3n) is 4.80. The second kappa shape index (κ2) is 14.7. The van der Waals surface area contributed by atoms with E-state index in [4.69, 9.17) is 4.74 Å². The first kappa shape index (κ1) is 27.7. The Hall–Kier alpha value is -3.35. The molecule has 0 aliphatic rings. The Labute approximate surface area is 197 Å². The number of amides is 1. The fourth-order valence-electron chi connectivity index (χ4n) is 3.11. The molecule has 0 spiro atoms. The fourth-order valence-corrected chi connectivity index (χ4v) is 3.11. The molecule has 1 aromatic heterocycles. The molecule has 1 atom stereocenters. The molecule has 7 nitrogen and oxygen atoms in total. The molecule has 0 aliphatic heterocycles. The lowest BCUT2D eigenvalue weighted by Gasteiger charge is -2.14. The summed E-state index contributed by atoms with van der Waals surface area (Å²) >= 11 is 0. The summed E-state index contributed by atoms with van der Waals surface area (Å²) in [5.74, 6) is 1.40. The van der Waals surface area contributed by atoms with Crippen molar-refractivity contribution in [1.82, 2.24) is 15.3 Å². The van der Waals surface area contributed by atoms with E-state index in [0.29, 0.717) is 42.8 Å². The Balaban J connectivity index is 0.00000265. The minimum absolute atomic E-state index is 0.0177. The molecule has 7 heteroatoms. The molecule has 0 bridgehead atoms. The minimum Gasteiger partial charge on any atom is -0.507 e. The highest BCUT2D eigenvalue weighted by molar-refractivity contribution is 5.91. The number of aromatic nitrogens is 2. The average Bonchev–Trinajstić information content (AvgIpc) is 2.81. The van der Waals surface area contributed by atoms with Gasteiger partial charge in [-0.05, 0) is 56.4 Å². The van der Waals surface area contributed by atoms with Gasteiger partial charge in [-0.2, -0.15) is 0 Å². The third kappa shape index (κ3) is 8.60. The Bertz CT molecular complexity index is 969. The van der Waals surface area contributed by atoms with Crippen molar-refractivity contribution < 1.29 is 14.6 Å². The van der Waals surface area contributed by atoms with Gasteiger partial charge in [0, 0.05) is 18.5 Å². The van der Waals surface area contributed by atoms with Crippen molar-refractivity contribution in [3.63, 3.8) is 0 Å². The molecule has 0 aliphatic carbocycles. The quantitative estimate of drug-likeness (QED) is 0.213. The van der Waals surface area contributed by atoms with Crippen molar-refractivity contribution in [3.8, 4) is 0 Å². The van der Waals surface area contributed by atoms with Crippen LogP contribution >= 0.6 is 0 Å². The molecule has 180 valence electrons. The molecule has 2 aromatic rings. The number of rotatable bonds is 11. The first-order valence-corrected chi connectivity index (χ1v) is 11.5. The second-order valence-electron chi connectivity index (χ2n) is 7.40. The maximum atomic E-state index is 11.4. The van der Waals surface area contributed by atoms with Gasteiger partial charge in [-0.1, -0.05) is 46.1 Å². The molecule has 1 unspecified atom stereocenters. The number of ether oxygens (including phenoxy) is 1. The van der Waals surface area contributed by atoms with Crippen LogP contribution in [0.25, 0.3) is 16.5 Å². The van der Waals surface area contributed by atoms with Crippen LogP contribution < -0.4 is 10.6 Å². The van der Waals surface area contributed by atoms with E-state index in [0.717, 1.165) is 29.3 Å². The summed E-state index contributed by atoms with van der Waals surface area (Å²) in [5.41, 5.74) is 2.30.